The Balaban J connectivity index is 2.05. The highest BCUT2D eigenvalue weighted by molar-refractivity contribution is 6.04. The summed E-state index contributed by atoms with van der Waals surface area (Å²) in [6.45, 7) is 3.07. The number of unbranched alkanes of at least 4 members (excludes halogenated alkanes) is 1. The van der Waals surface area contributed by atoms with Gasteiger partial charge in [0.15, 0.2) is 0 Å². The van der Waals surface area contributed by atoms with Crippen LogP contribution in [0.25, 0.3) is 0 Å². The Bertz CT molecular complexity index is 729. The number of aromatic nitrogens is 1. The molecular weight excluding hydrogens is 318 g/mol. The average molecular weight is 341 g/mol. The summed E-state index contributed by atoms with van der Waals surface area (Å²) >= 11 is 0. The monoisotopic (exact) mass is 341 g/mol. The average Bonchev–Trinajstić information content (AvgIpc) is 2.65. The van der Waals surface area contributed by atoms with Crippen LogP contribution < -0.4 is 10.2 Å². The van der Waals surface area contributed by atoms with Crippen molar-refractivity contribution in [3.8, 4) is 0 Å². The Labute approximate surface area is 147 Å². The molecule has 0 aliphatic rings. The second-order valence-corrected chi connectivity index (χ2v) is 5.71. The molecule has 0 unspecified atom stereocenters. The maximum Gasteiger partial charge on any atom is 0.337 e. The number of pyridine rings is 1. The third-order valence-corrected chi connectivity index (χ3v) is 3.79. The second kappa shape index (κ2) is 8.82. The van der Waals surface area contributed by atoms with E-state index in [1.807, 2.05) is 13.1 Å². The summed E-state index contributed by atoms with van der Waals surface area (Å²) in [5, 5.41) is 2.76. The topological polar surface area (TPSA) is 71.5 Å². The van der Waals surface area contributed by atoms with E-state index in [1.54, 1.807) is 36.5 Å². The Kier molecular flexibility index (Phi) is 6.51. The zero-order valence-electron chi connectivity index (χ0n) is 14.8. The van der Waals surface area contributed by atoms with Crippen molar-refractivity contribution in [2.75, 3.05) is 30.9 Å². The maximum absolute atomic E-state index is 12.3. The first-order chi connectivity index (χ1) is 12.0. The van der Waals surface area contributed by atoms with Crippen LogP contribution in [0.15, 0.2) is 42.6 Å². The molecule has 0 spiro atoms. The molecule has 0 bridgehead atoms. The lowest BCUT2D eigenvalue weighted by molar-refractivity contribution is 0.0600. The molecule has 0 aliphatic heterocycles. The Morgan fingerprint density at radius 3 is 2.64 bits per heavy atom. The molecule has 0 fully saturated rings. The number of anilines is 2. The number of carbonyl (C=O) groups is 2. The lowest BCUT2D eigenvalue weighted by atomic mass is 10.2. The largest absolute Gasteiger partial charge is 0.465 e. The number of hydrogen-bond donors (Lipinski definition) is 1. The van der Waals surface area contributed by atoms with E-state index in [9.17, 15) is 9.59 Å². The molecule has 0 saturated carbocycles. The van der Waals surface area contributed by atoms with Crippen LogP contribution in [0.3, 0.4) is 0 Å². The molecule has 1 amide bonds. The highest BCUT2D eigenvalue weighted by Crippen LogP contribution is 2.15. The standard InChI is InChI=1S/C19H23N3O3/c1-4-5-11-22(2)17-10-9-15(13-20-17)18(23)21-16-8-6-7-14(12-16)19(24)25-3/h6-10,12-13H,4-5,11H2,1-3H3,(H,21,23). The van der Waals surface area contributed by atoms with Gasteiger partial charge in [0.2, 0.25) is 0 Å². The molecule has 2 rings (SSSR count). The van der Waals surface area contributed by atoms with Crippen LogP contribution in [0.1, 0.15) is 40.5 Å². The van der Waals surface area contributed by atoms with E-state index >= 15 is 0 Å². The Morgan fingerprint density at radius 2 is 2.00 bits per heavy atom. The van der Waals surface area contributed by atoms with E-state index < -0.39 is 5.97 Å². The summed E-state index contributed by atoms with van der Waals surface area (Å²) in [5.41, 5.74) is 1.36. The number of rotatable bonds is 7. The second-order valence-electron chi connectivity index (χ2n) is 5.71. The van der Waals surface area contributed by atoms with Gasteiger partial charge in [-0.25, -0.2) is 9.78 Å². The number of esters is 1. The molecule has 25 heavy (non-hydrogen) atoms. The van der Waals surface area contributed by atoms with Gasteiger partial charge in [0, 0.05) is 25.5 Å². The predicted octanol–water partition coefficient (Wildman–Crippen LogP) is 3.36. The molecule has 1 N–H and O–H groups in total. The van der Waals surface area contributed by atoms with Crippen LogP contribution in [0.4, 0.5) is 11.5 Å². The number of amides is 1. The molecule has 0 radical (unpaired) electrons. The minimum absolute atomic E-state index is 0.280. The molecule has 1 aromatic heterocycles. The third-order valence-electron chi connectivity index (χ3n) is 3.79. The number of hydrogen-bond acceptors (Lipinski definition) is 5. The van der Waals surface area contributed by atoms with E-state index in [4.69, 9.17) is 0 Å². The molecule has 6 heteroatoms. The molecule has 2 aromatic rings. The minimum Gasteiger partial charge on any atom is -0.465 e. The lowest BCUT2D eigenvalue weighted by Gasteiger charge is -2.17. The van der Waals surface area contributed by atoms with Crippen LogP contribution in [0.5, 0.6) is 0 Å². The van der Waals surface area contributed by atoms with Gasteiger partial charge in [-0.1, -0.05) is 19.4 Å². The maximum atomic E-state index is 12.3. The molecule has 0 atom stereocenters. The lowest BCUT2D eigenvalue weighted by Crippen LogP contribution is -2.20. The number of nitrogens with zero attached hydrogens (tertiary/aromatic N) is 2. The Hall–Kier alpha value is -2.89. The predicted molar refractivity (Wildman–Crippen MR) is 98.1 cm³/mol. The molecule has 0 saturated heterocycles. The van der Waals surface area contributed by atoms with Crippen molar-refractivity contribution < 1.29 is 14.3 Å². The van der Waals surface area contributed by atoms with Crippen LogP contribution in [0, 0.1) is 0 Å². The summed E-state index contributed by atoms with van der Waals surface area (Å²) in [6, 6.07) is 10.2. The molecule has 6 nitrogen and oxygen atoms in total. The SMILES string of the molecule is CCCCN(C)c1ccc(C(=O)Nc2cccc(C(=O)OC)c2)cn1. The summed E-state index contributed by atoms with van der Waals surface area (Å²) < 4.78 is 4.68. The number of nitrogens with one attached hydrogen (secondary N) is 1. The Morgan fingerprint density at radius 1 is 1.20 bits per heavy atom. The van der Waals surface area contributed by atoms with Crippen molar-refractivity contribution in [3.05, 3.63) is 53.7 Å². The smallest absolute Gasteiger partial charge is 0.337 e. The number of ether oxygens (including phenoxy) is 1. The highest BCUT2D eigenvalue weighted by atomic mass is 16.5. The zero-order chi connectivity index (χ0) is 18.2. The first-order valence-electron chi connectivity index (χ1n) is 8.22. The minimum atomic E-state index is -0.447. The van der Waals surface area contributed by atoms with E-state index in [0.717, 1.165) is 25.2 Å². The van der Waals surface area contributed by atoms with E-state index in [1.165, 1.54) is 7.11 Å². The quantitative estimate of drug-likeness (QED) is 0.782. The van der Waals surface area contributed by atoms with Gasteiger partial charge >= 0.3 is 5.97 Å². The van der Waals surface area contributed by atoms with E-state index in [-0.39, 0.29) is 5.91 Å². The van der Waals surface area contributed by atoms with Crippen LogP contribution >= 0.6 is 0 Å². The van der Waals surface area contributed by atoms with Crippen molar-refractivity contribution in [1.29, 1.82) is 0 Å². The molecule has 132 valence electrons. The molecule has 1 aromatic carbocycles. The number of carbonyl (C=O) groups excluding carboxylic acids is 2. The first-order valence-corrected chi connectivity index (χ1v) is 8.22. The third kappa shape index (κ3) is 5.04. The van der Waals surface area contributed by atoms with Crippen LogP contribution in [-0.4, -0.2) is 37.6 Å². The summed E-state index contributed by atoms with van der Waals surface area (Å²) in [6.07, 6.45) is 3.77. The number of methoxy groups -OCH3 is 1. The fourth-order valence-electron chi connectivity index (χ4n) is 2.30. The molecular formula is C19H23N3O3. The summed E-state index contributed by atoms with van der Waals surface area (Å²) in [5.74, 6) is 0.104. The van der Waals surface area contributed by atoms with E-state index in [2.05, 4.69) is 26.9 Å². The highest BCUT2D eigenvalue weighted by Gasteiger charge is 2.10. The van der Waals surface area contributed by atoms with Crippen LogP contribution in [0.2, 0.25) is 0 Å². The van der Waals surface area contributed by atoms with Gasteiger partial charge in [-0.05, 0) is 36.8 Å². The van der Waals surface area contributed by atoms with Crippen molar-refractivity contribution in [2.45, 2.75) is 19.8 Å². The van der Waals surface area contributed by atoms with Gasteiger partial charge in [-0.2, -0.15) is 0 Å². The van der Waals surface area contributed by atoms with Gasteiger partial charge in [-0.15, -0.1) is 0 Å². The van der Waals surface area contributed by atoms with Gasteiger partial charge in [0.05, 0.1) is 18.2 Å². The van der Waals surface area contributed by atoms with E-state index in [0.29, 0.717) is 16.8 Å². The van der Waals surface area contributed by atoms with Crippen molar-refractivity contribution >= 4 is 23.4 Å². The van der Waals surface area contributed by atoms with Crippen molar-refractivity contribution in [3.63, 3.8) is 0 Å². The van der Waals surface area contributed by atoms with Gasteiger partial charge < -0.3 is 15.0 Å². The fraction of sp³-hybridized carbons (Fsp3) is 0.316. The summed E-state index contributed by atoms with van der Waals surface area (Å²) in [7, 11) is 3.30. The zero-order valence-corrected chi connectivity index (χ0v) is 14.8. The van der Waals surface area contributed by atoms with Gasteiger partial charge in [-0.3, -0.25) is 4.79 Å². The first kappa shape index (κ1) is 18.4. The van der Waals surface area contributed by atoms with Gasteiger partial charge in [0.25, 0.3) is 5.91 Å². The molecule has 0 aliphatic carbocycles. The van der Waals surface area contributed by atoms with Crippen LogP contribution in [-0.2, 0) is 4.74 Å². The van der Waals surface area contributed by atoms with Gasteiger partial charge in [0.1, 0.15) is 5.82 Å². The summed E-state index contributed by atoms with van der Waals surface area (Å²) in [4.78, 5) is 30.3. The van der Waals surface area contributed by atoms with Crippen molar-refractivity contribution in [2.24, 2.45) is 0 Å². The normalized spacial score (nSPS) is 10.2. The fourth-order valence-corrected chi connectivity index (χ4v) is 2.30. The molecule has 1 heterocycles. The van der Waals surface area contributed by atoms with Crippen molar-refractivity contribution in [1.82, 2.24) is 4.98 Å². The number of benzene rings is 1.